The minimum Gasteiger partial charge on any atom is -0.353 e. The van der Waals surface area contributed by atoms with Gasteiger partial charge in [0.15, 0.2) is 0 Å². The number of fused-ring (bicyclic) bond motifs is 2. The fourth-order valence-electron chi connectivity index (χ4n) is 3.03. The number of benzene rings is 1. The molecule has 0 fully saturated rings. The number of nitrogens with one attached hydrogen (secondary N) is 1. The van der Waals surface area contributed by atoms with Crippen molar-refractivity contribution in [3.8, 4) is 0 Å². The summed E-state index contributed by atoms with van der Waals surface area (Å²) in [4.78, 5) is 10.8. The molecular weight excluding hydrogens is 366 g/mol. The van der Waals surface area contributed by atoms with E-state index < -0.39 is 9.84 Å². The normalized spacial score (nSPS) is 12.4. The van der Waals surface area contributed by atoms with E-state index in [0.717, 1.165) is 34.1 Å². The standard InChI is InChI=1S/C19H19N3O2S2/c1-22(2)10-8-14-12-21-19-15(14)11-17(25-19)26(23,24)16-7-3-5-13-6-4-9-20-18(13)16/h3-7,9,11-12,21H,8,10H2,1-2H3. The average Bonchev–Trinajstić information content (AvgIpc) is 3.20. The highest BCUT2D eigenvalue weighted by Gasteiger charge is 2.24. The highest BCUT2D eigenvalue weighted by molar-refractivity contribution is 7.93. The number of hydrogen-bond donors (Lipinski definition) is 1. The summed E-state index contributed by atoms with van der Waals surface area (Å²) < 4.78 is 26.8. The maximum atomic E-state index is 13.2. The molecule has 7 heteroatoms. The van der Waals surface area contributed by atoms with Gasteiger partial charge >= 0.3 is 0 Å². The van der Waals surface area contributed by atoms with E-state index in [1.165, 1.54) is 11.3 Å². The van der Waals surface area contributed by atoms with Gasteiger partial charge in [-0.15, -0.1) is 11.3 Å². The number of nitrogens with zero attached hydrogens (tertiary/aromatic N) is 2. The van der Waals surface area contributed by atoms with Crippen LogP contribution in [0.4, 0.5) is 0 Å². The lowest BCUT2D eigenvalue weighted by molar-refractivity contribution is 0.414. The predicted octanol–water partition coefficient (Wildman–Crippen LogP) is 3.71. The Morgan fingerprint density at radius 1 is 1.19 bits per heavy atom. The molecule has 0 radical (unpaired) electrons. The third kappa shape index (κ3) is 2.92. The third-order valence-electron chi connectivity index (χ3n) is 4.41. The van der Waals surface area contributed by atoms with Crippen LogP contribution in [0.1, 0.15) is 5.56 Å². The first-order valence-corrected chi connectivity index (χ1v) is 10.6. The number of para-hydroxylation sites is 1. The van der Waals surface area contributed by atoms with E-state index in [1.54, 1.807) is 24.4 Å². The van der Waals surface area contributed by atoms with E-state index in [2.05, 4.69) is 14.9 Å². The Hall–Kier alpha value is -2.22. The van der Waals surface area contributed by atoms with Gasteiger partial charge in [0.2, 0.25) is 9.84 Å². The summed E-state index contributed by atoms with van der Waals surface area (Å²) in [6, 6.07) is 10.7. The summed E-state index contributed by atoms with van der Waals surface area (Å²) in [5.74, 6) is 0. The van der Waals surface area contributed by atoms with E-state index in [0.29, 0.717) is 9.73 Å². The number of H-pyrrole nitrogens is 1. The molecule has 0 spiro atoms. The molecule has 0 unspecified atom stereocenters. The largest absolute Gasteiger partial charge is 0.353 e. The quantitative estimate of drug-likeness (QED) is 0.569. The van der Waals surface area contributed by atoms with Crippen LogP contribution in [-0.2, 0) is 16.3 Å². The van der Waals surface area contributed by atoms with E-state index >= 15 is 0 Å². The molecule has 5 nitrogen and oxygen atoms in total. The third-order valence-corrected chi connectivity index (χ3v) is 7.74. The maximum absolute atomic E-state index is 13.2. The molecule has 0 saturated heterocycles. The summed E-state index contributed by atoms with van der Waals surface area (Å²) in [5.41, 5.74) is 1.65. The van der Waals surface area contributed by atoms with Gasteiger partial charge in [-0.2, -0.15) is 0 Å². The Morgan fingerprint density at radius 2 is 2.00 bits per heavy atom. The molecule has 0 saturated carbocycles. The second-order valence-electron chi connectivity index (χ2n) is 6.51. The lowest BCUT2D eigenvalue weighted by Gasteiger charge is -2.07. The van der Waals surface area contributed by atoms with Crippen molar-refractivity contribution in [2.75, 3.05) is 20.6 Å². The molecule has 0 aliphatic rings. The maximum Gasteiger partial charge on any atom is 0.218 e. The van der Waals surface area contributed by atoms with Gasteiger partial charge in [-0.05, 0) is 44.3 Å². The van der Waals surface area contributed by atoms with E-state index in [4.69, 9.17) is 0 Å². The molecule has 134 valence electrons. The molecule has 0 amide bonds. The van der Waals surface area contributed by atoms with Gasteiger partial charge in [0.1, 0.15) is 9.04 Å². The fourth-order valence-corrected chi connectivity index (χ4v) is 5.96. The van der Waals surface area contributed by atoms with Crippen molar-refractivity contribution in [1.29, 1.82) is 0 Å². The Bertz CT molecular complexity index is 1180. The zero-order valence-corrected chi connectivity index (χ0v) is 16.2. The van der Waals surface area contributed by atoms with E-state index in [1.807, 2.05) is 38.5 Å². The van der Waals surface area contributed by atoms with Crippen molar-refractivity contribution < 1.29 is 8.42 Å². The van der Waals surface area contributed by atoms with Crippen LogP contribution in [-0.4, -0.2) is 43.9 Å². The van der Waals surface area contributed by atoms with Gasteiger partial charge < -0.3 is 9.88 Å². The molecule has 0 bridgehead atoms. The molecule has 0 atom stereocenters. The first kappa shape index (κ1) is 17.2. The van der Waals surface area contributed by atoms with Gasteiger partial charge in [-0.3, -0.25) is 4.98 Å². The Morgan fingerprint density at radius 3 is 2.81 bits per heavy atom. The van der Waals surface area contributed by atoms with Gasteiger partial charge in [0.25, 0.3) is 0 Å². The highest BCUT2D eigenvalue weighted by Crippen LogP contribution is 2.35. The number of hydrogen-bond acceptors (Lipinski definition) is 5. The zero-order valence-electron chi connectivity index (χ0n) is 14.6. The summed E-state index contributed by atoms with van der Waals surface area (Å²) in [6.45, 7) is 0.915. The molecule has 4 rings (SSSR count). The topological polar surface area (TPSA) is 66.1 Å². The van der Waals surface area contributed by atoms with Gasteiger partial charge in [0, 0.05) is 29.7 Å². The van der Waals surface area contributed by atoms with Crippen molar-refractivity contribution in [1.82, 2.24) is 14.9 Å². The SMILES string of the molecule is CN(C)CCc1c[nH]c2sc(S(=O)(=O)c3cccc4cccnc34)cc12. The lowest BCUT2D eigenvalue weighted by atomic mass is 10.2. The first-order chi connectivity index (χ1) is 12.5. The summed E-state index contributed by atoms with van der Waals surface area (Å²) in [5, 5.41) is 1.81. The van der Waals surface area contributed by atoms with Crippen LogP contribution in [0.3, 0.4) is 0 Å². The molecule has 1 aromatic carbocycles. The number of aromatic nitrogens is 2. The van der Waals surface area contributed by atoms with Crippen LogP contribution in [0.2, 0.25) is 0 Å². The van der Waals surface area contributed by atoms with E-state index in [-0.39, 0.29) is 4.90 Å². The van der Waals surface area contributed by atoms with E-state index in [9.17, 15) is 8.42 Å². The number of rotatable bonds is 5. The van der Waals surface area contributed by atoms with Gasteiger partial charge in [0.05, 0.1) is 10.4 Å². The average molecular weight is 386 g/mol. The van der Waals surface area contributed by atoms with Crippen LogP contribution in [0.5, 0.6) is 0 Å². The summed E-state index contributed by atoms with van der Waals surface area (Å²) in [6.07, 6.45) is 4.47. The monoisotopic (exact) mass is 385 g/mol. The number of sulfone groups is 1. The second-order valence-corrected chi connectivity index (χ2v) is 9.71. The molecule has 26 heavy (non-hydrogen) atoms. The molecule has 3 heterocycles. The van der Waals surface area contributed by atoms with Crippen LogP contribution in [0.25, 0.3) is 21.1 Å². The molecule has 0 aliphatic heterocycles. The first-order valence-electron chi connectivity index (χ1n) is 8.30. The number of thiophene rings is 1. The Balaban J connectivity index is 1.81. The molecule has 0 aliphatic carbocycles. The highest BCUT2D eigenvalue weighted by atomic mass is 32.2. The number of aromatic amines is 1. The fraction of sp³-hybridized carbons (Fsp3) is 0.211. The molecule has 4 aromatic rings. The van der Waals surface area contributed by atoms with Crippen molar-refractivity contribution in [2.24, 2.45) is 0 Å². The lowest BCUT2D eigenvalue weighted by Crippen LogP contribution is -2.14. The minimum atomic E-state index is -3.62. The van der Waals surface area contributed by atoms with Crippen molar-refractivity contribution in [3.05, 3.63) is 54.4 Å². The van der Waals surface area contributed by atoms with Crippen molar-refractivity contribution in [3.63, 3.8) is 0 Å². The van der Waals surface area contributed by atoms with Crippen LogP contribution < -0.4 is 0 Å². The van der Waals surface area contributed by atoms with Gasteiger partial charge in [-0.1, -0.05) is 18.2 Å². The smallest absolute Gasteiger partial charge is 0.218 e. The summed E-state index contributed by atoms with van der Waals surface area (Å²) in [7, 11) is 0.438. The number of pyridine rings is 1. The minimum absolute atomic E-state index is 0.259. The second kappa shape index (κ2) is 6.50. The number of likely N-dealkylation sites (N-methyl/N-ethyl adjacent to an activating group) is 1. The molecule has 3 aromatic heterocycles. The predicted molar refractivity (Wildman–Crippen MR) is 106 cm³/mol. The van der Waals surface area contributed by atoms with Crippen molar-refractivity contribution >= 4 is 42.3 Å². The molecule has 1 N–H and O–H groups in total. The Labute approximate surface area is 156 Å². The zero-order chi connectivity index (χ0) is 18.3. The van der Waals surface area contributed by atoms with Crippen LogP contribution in [0, 0.1) is 0 Å². The van der Waals surface area contributed by atoms with Crippen LogP contribution >= 0.6 is 11.3 Å². The molecular formula is C19H19N3O2S2. The van der Waals surface area contributed by atoms with Crippen molar-refractivity contribution in [2.45, 2.75) is 15.5 Å². The van der Waals surface area contributed by atoms with Crippen LogP contribution in [0.15, 0.2) is 57.9 Å². The summed E-state index contributed by atoms with van der Waals surface area (Å²) >= 11 is 1.28. The van der Waals surface area contributed by atoms with Gasteiger partial charge in [-0.25, -0.2) is 8.42 Å². The Kier molecular flexibility index (Phi) is 4.30.